The van der Waals surface area contributed by atoms with Crippen LogP contribution < -0.4 is 5.73 Å². The van der Waals surface area contributed by atoms with Gasteiger partial charge in [-0.25, -0.2) is 8.42 Å². The highest BCUT2D eigenvalue weighted by Crippen LogP contribution is 2.20. The van der Waals surface area contributed by atoms with Crippen LogP contribution in [-0.2, 0) is 9.84 Å². The second-order valence-electron chi connectivity index (χ2n) is 3.17. The summed E-state index contributed by atoms with van der Waals surface area (Å²) < 4.78 is 21.8. The molecule has 1 aliphatic heterocycles. The highest BCUT2D eigenvalue weighted by atomic mass is 35.5. The van der Waals surface area contributed by atoms with Gasteiger partial charge in [0.15, 0.2) is 0 Å². The van der Waals surface area contributed by atoms with Gasteiger partial charge < -0.3 is 10.8 Å². The van der Waals surface area contributed by atoms with E-state index in [0.29, 0.717) is 12.8 Å². The number of hydrogen-bond donors (Lipinski definition) is 2. The summed E-state index contributed by atoms with van der Waals surface area (Å²) in [6, 6.07) is 0. The van der Waals surface area contributed by atoms with E-state index in [4.69, 9.17) is 10.8 Å². The molecule has 1 saturated heterocycles. The molecule has 0 unspecified atom stereocenters. The minimum Gasteiger partial charge on any atom is -0.394 e. The van der Waals surface area contributed by atoms with Crippen LogP contribution in [0.4, 0.5) is 0 Å². The van der Waals surface area contributed by atoms with E-state index in [9.17, 15) is 8.42 Å². The summed E-state index contributed by atoms with van der Waals surface area (Å²) in [5.74, 6) is 0.230. The molecule has 0 aromatic heterocycles. The number of aliphatic hydroxyl groups excluding tert-OH is 1. The fourth-order valence-electron chi connectivity index (χ4n) is 1.10. The van der Waals surface area contributed by atoms with Crippen LogP contribution in [0.3, 0.4) is 0 Å². The third kappa shape index (κ3) is 4.46. The van der Waals surface area contributed by atoms with Gasteiger partial charge in [0.2, 0.25) is 0 Å². The van der Waals surface area contributed by atoms with Crippen molar-refractivity contribution in [3.8, 4) is 0 Å². The molecule has 0 aromatic rings. The molecule has 0 bridgehead atoms. The smallest absolute Gasteiger partial charge is 0.150 e. The van der Waals surface area contributed by atoms with Gasteiger partial charge in [0.25, 0.3) is 0 Å². The van der Waals surface area contributed by atoms with Crippen LogP contribution in [0.25, 0.3) is 0 Å². The zero-order valence-corrected chi connectivity index (χ0v) is 9.55. The van der Waals surface area contributed by atoms with Gasteiger partial charge in [-0.1, -0.05) is 0 Å². The van der Waals surface area contributed by atoms with E-state index in [2.05, 4.69) is 0 Å². The molecule has 3 N–H and O–H groups in total. The van der Waals surface area contributed by atoms with E-state index >= 15 is 0 Å². The number of rotatable bonds is 1. The van der Waals surface area contributed by atoms with Gasteiger partial charge in [0.1, 0.15) is 9.84 Å². The predicted octanol–water partition coefficient (Wildman–Crippen LogP) is -0.272. The molecule has 7 heteroatoms. The summed E-state index contributed by atoms with van der Waals surface area (Å²) in [6.45, 7) is -0.122. The average Bonchev–Trinajstić information content (AvgIpc) is 1.97. The summed E-state index contributed by atoms with van der Waals surface area (Å²) in [7, 11) is -2.86. The standard InChI is InChI=1S/C6H13NO3S.2ClH/c7-6(5-8)1-3-11(9,10)4-2-6;;/h8H,1-5,7H2;2*1H. The van der Waals surface area contributed by atoms with Gasteiger partial charge in [-0.3, -0.25) is 0 Å². The molecule has 0 aliphatic carbocycles. The molecule has 1 rings (SSSR count). The summed E-state index contributed by atoms with van der Waals surface area (Å²) in [5, 5.41) is 8.80. The molecule has 0 amide bonds. The van der Waals surface area contributed by atoms with Crippen LogP contribution in [0.15, 0.2) is 0 Å². The summed E-state index contributed by atoms with van der Waals surface area (Å²) in [6.07, 6.45) is 0.762. The van der Waals surface area contributed by atoms with Crippen molar-refractivity contribution < 1.29 is 13.5 Å². The van der Waals surface area contributed by atoms with Gasteiger partial charge in [-0.05, 0) is 12.8 Å². The Labute approximate surface area is 90.6 Å². The lowest BCUT2D eigenvalue weighted by atomic mass is 9.95. The average molecular weight is 252 g/mol. The Balaban J connectivity index is 0. The van der Waals surface area contributed by atoms with E-state index in [1.807, 2.05) is 0 Å². The van der Waals surface area contributed by atoms with Gasteiger partial charge in [-0.15, -0.1) is 24.8 Å². The number of sulfone groups is 1. The molecule has 1 fully saturated rings. The lowest BCUT2D eigenvalue weighted by Crippen LogP contribution is -2.49. The van der Waals surface area contributed by atoms with Crippen molar-refractivity contribution in [2.75, 3.05) is 18.1 Å². The molecule has 1 aliphatic rings. The van der Waals surface area contributed by atoms with Crippen molar-refractivity contribution in [3.63, 3.8) is 0 Å². The lowest BCUT2D eigenvalue weighted by molar-refractivity contribution is 0.185. The van der Waals surface area contributed by atoms with E-state index in [1.54, 1.807) is 0 Å². The second kappa shape index (κ2) is 5.36. The molecule has 1 heterocycles. The van der Waals surface area contributed by atoms with Crippen molar-refractivity contribution >= 4 is 34.7 Å². The predicted molar refractivity (Wildman–Crippen MR) is 56.4 cm³/mol. The minimum absolute atomic E-state index is 0. The maximum absolute atomic E-state index is 10.9. The molecule has 82 valence electrons. The normalized spacial score (nSPS) is 23.8. The maximum atomic E-state index is 10.9. The summed E-state index contributed by atoms with van der Waals surface area (Å²) in [5.41, 5.74) is 5.02. The van der Waals surface area contributed by atoms with Crippen molar-refractivity contribution in [1.29, 1.82) is 0 Å². The third-order valence-corrected chi connectivity index (χ3v) is 3.79. The Morgan fingerprint density at radius 2 is 1.62 bits per heavy atom. The highest BCUT2D eigenvalue weighted by molar-refractivity contribution is 7.91. The topological polar surface area (TPSA) is 80.4 Å². The van der Waals surface area contributed by atoms with Crippen LogP contribution in [-0.4, -0.2) is 37.2 Å². The van der Waals surface area contributed by atoms with Crippen LogP contribution in [0.2, 0.25) is 0 Å². The fraction of sp³-hybridized carbons (Fsp3) is 1.00. The first kappa shape index (κ1) is 15.9. The van der Waals surface area contributed by atoms with Gasteiger partial charge in [-0.2, -0.15) is 0 Å². The number of hydrogen-bond acceptors (Lipinski definition) is 4. The summed E-state index contributed by atoms with van der Waals surface area (Å²) >= 11 is 0. The Bertz CT molecular complexity index is 228. The quantitative estimate of drug-likeness (QED) is 0.673. The van der Waals surface area contributed by atoms with E-state index < -0.39 is 15.4 Å². The Hall–Kier alpha value is 0.450. The van der Waals surface area contributed by atoms with Crippen LogP contribution in [0.5, 0.6) is 0 Å². The first-order chi connectivity index (χ1) is 4.97. The zero-order valence-electron chi connectivity index (χ0n) is 7.10. The van der Waals surface area contributed by atoms with Crippen molar-refractivity contribution in [1.82, 2.24) is 0 Å². The lowest BCUT2D eigenvalue weighted by Gasteiger charge is -2.30. The number of halogens is 2. The Morgan fingerprint density at radius 1 is 1.23 bits per heavy atom. The van der Waals surface area contributed by atoms with E-state index in [0.717, 1.165) is 0 Å². The minimum atomic E-state index is -2.86. The van der Waals surface area contributed by atoms with Crippen molar-refractivity contribution in [3.05, 3.63) is 0 Å². The molecule has 0 radical (unpaired) electrons. The molecular weight excluding hydrogens is 237 g/mol. The van der Waals surface area contributed by atoms with E-state index in [1.165, 1.54) is 0 Å². The molecule has 4 nitrogen and oxygen atoms in total. The number of aliphatic hydroxyl groups is 1. The molecule has 0 spiro atoms. The monoisotopic (exact) mass is 251 g/mol. The number of nitrogens with two attached hydrogens (primary N) is 1. The van der Waals surface area contributed by atoms with Gasteiger partial charge in [0.05, 0.1) is 18.1 Å². The third-order valence-electron chi connectivity index (χ3n) is 2.14. The van der Waals surface area contributed by atoms with Gasteiger partial charge in [0, 0.05) is 5.54 Å². The molecule has 0 saturated carbocycles. The van der Waals surface area contributed by atoms with Crippen LogP contribution in [0, 0.1) is 0 Å². The molecule has 0 aromatic carbocycles. The van der Waals surface area contributed by atoms with Crippen molar-refractivity contribution in [2.24, 2.45) is 5.73 Å². The highest BCUT2D eigenvalue weighted by Gasteiger charge is 2.32. The van der Waals surface area contributed by atoms with Gasteiger partial charge >= 0.3 is 0 Å². The second-order valence-corrected chi connectivity index (χ2v) is 5.48. The Kier molecular flexibility index (Phi) is 6.56. The first-order valence-electron chi connectivity index (χ1n) is 3.58. The van der Waals surface area contributed by atoms with Crippen LogP contribution >= 0.6 is 24.8 Å². The largest absolute Gasteiger partial charge is 0.394 e. The molecule has 13 heavy (non-hydrogen) atoms. The summed E-state index contributed by atoms with van der Waals surface area (Å²) in [4.78, 5) is 0. The molecule has 0 atom stereocenters. The Morgan fingerprint density at radius 3 is 1.92 bits per heavy atom. The zero-order chi connectivity index (χ0) is 8.54. The molecular formula is C6H15Cl2NO3S. The SMILES string of the molecule is Cl.Cl.NC1(CO)CCS(=O)(=O)CC1. The van der Waals surface area contributed by atoms with E-state index in [-0.39, 0.29) is 42.9 Å². The fourth-order valence-corrected chi connectivity index (χ4v) is 2.74. The maximum Gasteiger partial charge on any atom is 0.150 e. The van der Waals surface area contributed by atoms with Crippen LogP contribution in [0.1, 0.15) is 12.8 Å². The van der Waals surface area contributed by atoms with Crippen molar-refractivity contribution in [2.45, 2.75) is 18.4 Å². The first-order valence-corrected chi connectivity index (χ1v) is 5.40.